The van der Waals surface area contributed by atoms with Crippen molar-refractivity contribution in [2.24, 2.45) is 0 Å². The Morgan fingerprint density at radius 1 is 0.421 bits per heavy atom. The van der Waals surface area contributed by atoms with E-state index in [4.69, 9.17) is 41.0 Å². The van der Waals surface area contributed by atoms with Crippen molar-refractivity contribution < 1.29 is 60.0 Å². The third kappa shape index (κ3) is 16.1. The average molecular weight is 1310 g/mol. The topological polar surface area (TPSA) is 345 Å². The predicted octanol–water partition coefficient (Wildman–Crippen LogP) is 10.1. The Morgan fingerprint density at radius 3 is 1.02 bits per heavy atom. The zero-order chi connectivity index (χ0) is 65.5. The summed E-state index contributed by atoms with van der Waals surface area (Å²) in [5.74, 6) is -0.756. The zero-order valence-electron chi connectivity index (χ0n) is 51.5. The molecule has 0 aliphatic rings. The summed E-state index contributed by atoms with van der Waals surface area (Å²) < 4.78 is 76.1. The molecule has 488 valence electrons. The van der Waals surface area contributed by atoms with Crippen molar-refractivity contribution in [3.63, 3.8) is 0 Å². The lowest BCUT2D eigenvalue weighted by molar-refractivity contribution is 0.0457. The van der Waals surface area contributed by atoms with Crippen LogP contribution in [-0.4, -0.2) is 131 Å². The van der Waals surface area contributed by atoms with Crippen LogP contribution in [0.3, 0.4) is 0 Å². The van der Waals surface area contributed by atoms with Crippen molar-refractivity contribution in [2.45, 2.75) is 60.6 Å². The van der Waals surface area contributed by atoms with Gasteiger partial charge in [-0.1, -0.05) is 18.2 Å². The third-order valence-corrected chi connectivity index (χ3v) is 15.3. The van der Waals surface area contributed by atoms with Gasteiger partial charge in [0.1, 0.15) is 34.4 Å². The second-order valence-electron chi connectivity index (χ2n) is 20.6. The molecule has 0 aliphatic heterocycles. The summed E-state index contributed by atoms with van der Waals surface area (Å²) >= 11 is 0. The fourth-order valence-corrected chi connectivity index (χ4v) is 10.5. The van der Waals surface area contributed by atoms with Crippen molar-refractivity contribution >= 4 is 42.6 Å². The molecule has 0 radical (unpaired) electrons. The van der Waals surface area contributed by atoms with E-state index in [9.17, 15) is 18.9 Å². The molecular formula is C63H63N18O13P. The van der Waals surface area contributed by atoms with Crippen LogP contribution in [0.25, 0.3) is 68.1 Å². The van der Waals surface area contributed by atoms with E-state index in [0.29, 0.717) is 144 Å². The molecule has 12 aromatic heterocycles. The van der Waals surface area contributed by atoms with Crippen molar-refractivity contribution in [2.75, 3.05) is 55.6 Å². The van der Waals surface area contributed by atoms with Gasteiger partial charge in [-0.15, -0.1) is 0 Å². The van der Waals surface area contributed by atoms with Gasteiger partial charge in [0.2, 0.25) is 0 Å². The first-order chi connectivity index (χ1) is 46.5. The van der Waals surface area contributed by atoms with Crippen LogP contribution in [0.4, 0.5) is 17.1 Å². The first-order valence-electron chi connectivity index (χ1n) is 30.0. The number of carbonyl (C=O) groups is 3. The highest BCUT2D eigenvalue weighted by Crippen LogP contribution is 2.50. The predicted molar refractivity (Wildman–Crippen MR) is 340 cm³/mol. The number of hydrogen-bond acceptors (Lipinski definition) is 22. The second kappa shape index (κ2) is 30.1. The minimum absolute atomic E-state index is 0.00225. The zero-order valence-corrected chi connectivity index (χ0v) is 52.4. The molecule has 95 heavy (non-hydrogen) atoms. The van der Waals surface area contributed by atoms with Crippen LogP contribution in [0.1, 0.15) is 52.4 Å². The highest BCUT2D eigenvalue weighted by molar-refractivity contribution is 7.48. The van der Waals surface area contributed by atoms with Gasteiger partial charge in [0, 0.05) is 75.6 Å². The Hall–Kier alpha value is -11.1. The van der Waals surface area contributed by atoms with Gasteiger partial charge in [0.05, 0.1) is 109 Å². The normalized spacial score (nSPS) is 11.6. The van der Waals surface area contributed by atoms with E-state index in [1.54, 1.807) is 124 Å². The highest BCUT2D eigenvalue weighted by Gasteiger charge is 2.30. The van der Waals surface area contributed by atoms with E-state index in [2.05, 4.69) is 61.5 Å². The molecule has 32 heteroatoms. The Bertz CT molecular complexity index is 4110. The van der Waals surface area contributed by atoms with Gasteiger partial charge in [0.15, 0.2) is 37.5 Å². The number of nitrogens with zero attached hydrogens (tertiary/aromatic N) is 15. The monoisotopic (exact) mass is 1310 g/mol. The first-order valence-corrected chi connectivity index (χ1v) is 31.5. The summed E-state index contributed by atoms with van der Waals surface area (Å²) in [6.07, 6.45) is 19.1. The van der Waals surface area contributed by atoms with Crippen molar-refractivity contribution in [3.05, 3.63) is 183 Å². The summed E-state index contributed by atoms with van der Waals surface area (Å²) in [5.41, 5.74) is 5.69. The molecule has 12 aromatic rings. The van der Waals surface area contributed by atoms with E-state index in [-0.39, 0.29) is 17.3 Å². The van der Waals surface area contributed by atoms with Crippen molar-refractivity contribution in [1.82, 2.24) is 73.6 Å². The largest absolute Gasteiger partial charge is 0.480 e. The SMILES string of the molecule is CCOCCn1cc(NC(=O)c2ccc(-c3cnn(COP(=O)(OCn4cc(-c5ccc(C(=O)Nc6cn(CCOCC)nc6-c6ccccn6)o5)cn4)OCn4cc(-c5ccc(C(=O)Nc6cn(CCOCC)nc6-c6ccccn6)o5)cn4)c3)o2)c(-c2ccccn2)n1. The number of furan rings is 3. The number of nitrogens with one attached hydrogen (secondary N) is 3. The molecule has 3 amide bonds. The van der Waals surface area contributed by atoms with E-state index in [0.717, 1.165) is 0 Å². The van der Waals surface area contributed by atoms with Crippen LogP contribution in [0.2, 0.25) is 0 Å². The number of carbonyl (C=O) groups excluding carboxylic acids is 3. The Balaban J connectivity index is 0.725. The van der Waals surface area contributed by atoms with Crippen molar-refractivity contribution in [3.8, 4) is 68.1 Å². The molecular weight excluding hydrogens is 1250 g/mol. The molecule has 0 aromatic carbocycles. The number of rotatable bonds is 33. The number of amides is 3. The van der Waals surface area contributed by atoms with E-state index in [1.807, 2.05) is 39.0 Å². The molecule has 0 spiro atoms. The summed E-state index contributed by atoms with van der Waals surface area (Å²) in [6.45, 7) is 8.58. The molecule has 0 saturated carbocycles. The maximum atomic E-state index is 14.8. The number of aromatic nitrogens is 15. The Kier molecular flexibility index (Phi) is 20.3. The second-order valence-corrected chi connectivity index (χ2v) is 22.2. The summed E-state index contributed by atoms with van der Waals surface area (Å²) in [5, 5.41) is 35.8. The van der Waals surface area contributed by atoms with Gasteiger partial charge in [-0.25, -0.2) is 18.6 Å². The van der Waals surface area contributed by atoms with Gasteiger partial charge in [0.25, 0.3) is 17.7 Å². The minimum Gasteiger partial charge on any atom is -0.451 e. The third-order valence-electron chi connectivity index (χ3n) is 14.0. The molecule has 12 heterocycles. The summed E-state index contributed by atoms with van der Waals surface area (Å²) in [6, 6.07) is 25.6. The number of ether oxygens (including phenoxy) is 3. The van der Waals surface area contributed by atoms with E-state index >= 15 is 0 Å². The van der Waals surface area contributed by atoms with Gasteiger partial charge >= 0.3 is 7.82 Å². The van der Waals surface area contributed by atoms with E-state index in [1.165, 1.54) is 50.8 Å². The maximum absolute atomic E-state index is 14.8. The number of anilines is 3. The molecule has 12 rings (SSSR count). The maximum Gasteiger partial charge on any atom is 0.480 e. The minimum atomic E-state index is -4.60. The molecule has 0 saturated heterocycles. The van der Waals surface area contributed by atoms with Gasteiger partial charge in [-0.2, -0.15) is 30.6 Å². The molecule has 31 nitrogen and oxygen atoms in total. The molecule has 0 bridgehead atoms. The fourth-order valence-electron chi connectivity index (χ4n) is 9.45. The summed E-state index contributed by atoms with van der Waals surface area (Å²) in [4.78, 5) is 54.3. The molecule has 0 fully saturated rings. The quantitative estimate of drug-likeness (QED) is 0.0254. The Morgan fingerprint density at radius 2 is 0.737 bits per heavy atom. The lowest BCUT2D eigenvalue weighted by atomic mass is 10.2. The standard InChI is InChI=1S/C63H63N18O13P/c1-4-86-28-25-76-37-49(58(73-76)46-13-7-10-22-64-46)70-61(82)55-19-16-52(92-55)43-31-67-79(34-43)40-89-95(85,90-41-80-35-44(32-68-80)53-17-20-56(93-53)62(83)71-50-38-77(26-29-87-5-2)74-59(50)47-14-8-11-23-65-47)91-42-81-36-45(33-69-81)54-18-21-57(94-54)63(84)72-51-39-78(27-30-88-6-3)75-60(51)48-15-9-12-24-66-48/h7-24,31-39H,4-6,25-30,40-42H2,1-3H3,(H,70,82)(H,71,83)(H,72,84). The lowest BCUT2D eigenvalue weighted by Crippen LogP contribution is -2.11. The lowest BCUT2D eigenvalue weighted by Gasteiger charge is -2.18. The smallest absolute Gasteiger partial charge is 0.451 e. The van der Waals surface area contributed by atoms with Crippen LogP contribution < -0.4 is 16.0 Å². The molecule has 0 unspecified atom stereocenters. The number of phosphoric ester groups is 1. The first kappa shape index (κ1) is 64.1. The van der Waals surface area contributed by atoms with Crippen LogP contribution >= 0.6 is 7.82 Å². The van der Waals surface area contributed by atoms with Gasteiger partial charge < -0.3 is 43.4 Å². The average Bonchev–Trinajstić information content (AvgIpc) is 1.74. The van der Waals surface area contributed by atoms with Gasteiger partial charge in [-0.05, 0) is 93.6 Å². The molecule has 0 aliphatic carbocycles. The van der Waals surface area contributed by atoms with Crippen molar-refractivity contribution in [1.29, 1.82) is 0 Å². The van der Waals surface area contributed by atoms with Crippen LogP contribution in [0.5, 0.6) is 0 Å². The molecule has 0 atom stereocenters. The summed E-state index contributed by atoms with van der Waals surface area (Å²) in [7, 11) is -4.60. The number of phosphoric acid groups is 1. The number of hydrogen-bond donors (Lipinski definition) is 3. The number of pyridine rings is 3. The van der Waals surface area contributed by atoms with E-state index < -0.39 is 45.7 Å². The van der Waals surface area contributed by atoms with Crippen LogP contribution in [0, 0.1) is 0 Å². The van der Waals surface area contributed by atoms with Crippen LogP contribution in [0.15, 0.2) is 179 Å². The fraction of sp³-hybridized carbons (Fsp3) is 0.238. The Labute approximate surface area is 541 Å². The van der Waals surface area contributed by atoms with Crippen LogP contribution in [-0.2, 0) is 72.2 Å². The molecule has 3 N–H and O–H groups in total. The highest BCUT2D eigenvalue weighted by atomic mass is 31.2. The van der Waals surface area contributed by atoms with Gasteiger partial charge in [-0.3, -0.25) is 57.0 Å².